The van der Waals surface area contributed by atoms with Gasteiger partial charge < -0.3 is 15.2 Å². The van der Waals surface area contributed by atoms with Crippen LogP contribution in [0.2, 0.25) is 0 Å². The lowest BCUT2D eigenvalue weighted by atomic mass is 9.89. The highest BCUT2D eigenvalue weighted by atomic mass is 19.4. The van der Waals surface area contributed by atoms with Gasteiger partial charge in [0.15, 0.2) is 0 Å². The zero-order chi connectivity index (χ0) is 24.3. The quantitative estimate of drug-likeness (QED) is 0.555. The Kier molecular flexibility index (Phi) is 6.90. The molecule has 2 N–H and O–H groups in total. The number of fused-ring (bicyclic) bond motifs is 1. The number of pyridine rings is 1. The third-order valence-corrected chi connectivity index (χ3v) is 6.25. The van der Waals surface area contributed by atoms with Gasteiger partial charge in [-0.15, -0.1) is 0 Å². The van der Waals surface area contributed by atoms with Gasteiger partial charge in [0.05, 0.1) is 11.3 Å². The molecule has 2 aromatic heterocycles. The molecule has 0 unspecified atom stereocenters. The molecule has 6 nitrogen and oxygen atoms in total. The largest absolute Gasteiger partial charge is 0.397 e. The van der Waals surface area contributed by atoms with Crippen LogP contribution in [0.1, 0.15) is 52.5 Å². The number of aromatic nitrogens is 2. The fourth-order valence-corrected chi connectivity index (χ4v) is 4.51. The number of halogens is 3. The lowest BCUT2D eigenvalue weighted by Gasteiger charge is -2.32. The number of aryl methyl sites for hydroxylation is 1. The number of hydrogen-bond donors (Lipinski definition) is 2. The Hall–Kier alpha value is -3.36. The maximum Gasteiger partial charge on any atom is 0.397 e. The molecule has 0 bridgehead atoms. The minimum Gasteiger partial charge on any atom is -0.361 e. The number of aromatic amines is 1. The molecule has 180 valence electrons. The van der Waals surface area contributed by atoms with Crippen molar-refractivity contribution in [2.75, 3.05) is 19.6 Å². The zero-order valence-corrected chi connectivity index (χ0v) is 18.9. The van der Waals surface area contributed by atoms with E-state index >= 15 is 0 Å². The van der Waals surface area contributed by atoms with Crippen LogP contribution < -0.4 is 5.32 Å². The van der Waals surface area contributed by atoms with Crippen molar-refractivity contribution in [2.24, 2.45) is 0 Å². The van der Waals surface area contributed by atoms with Crippen LogP contribution in [0.15, 0.2) is 42.6 Å². The molecule has 0 atom stereocenters. The van der Waals surface area contributed by atoms with Crippen LogP contribution in [-0.4, -0.2) is 52.5 Å². The van der Waals surface area contributed by atoms with E-state index in [4.69, 9.17) is 0 Å². The summed E-state index contributed by atoms with van der Waals surface area (Å²) in [5.74, 6) is -1.22. The third-order valence-electron chi connectivity index (χ3n) is 6.25. The van der Waals surface area contributed by atoms with Crippen LogP contribution in [0.4, 0.5) is 13.2 Å². The summed E-state index contributed by atoms with van der Waals surface area (Å²) in [4.78, 5) is 34.0. The van der Waals surface area contributed by atoms with E-state index < -0.39 is 18.5 Å². The van der Waals surface area contributed by atoms with Gasteiger partial charge in [0.25, 0.3) is 5.91 Å². The maximum absolute atomic E-state index is 13.0. The maximum atomic E-state index is 13.0. The second kappa shape index (κ2) is 9.87. The number of nitrogens with zero attached hydrogens (tertiary/aromatic N) is 2. The summed E-state index contributed by atoms with van der Waals surface area (Å²) >= 11 is 0. The number of piperidine rings is 1. The van der Waals surface area contributed by atoms with E-state index in [9.17, 15) is 22.8 Å². The molecule has 34 heavy (non-hydrogen) atoms. The van der Waals surface area contributed by atoms with Gasteiger partial charge >= 0.3 is 6.18 Å². The van der Waals surface area contributed by atoms with Crippen molar-refractivity contribution in [2.45, 2.75) is 44.7 Å². The molecule has 1 fully saturated rings. The van der Waals surface area contributed by atoms with Crippen molar-refractivity contribution in [3.8, 4) is 0 Å². The predicted molar refractivity (Wildman–Crippen MR) is 123 cm³/mol. The summed E-state index contributed by atoms with van der Waals surface area (Å²) in [6.07, 6.45) is -2.40. The highest BCUT2D eigenvalue weighted by Gasteiger charge is 2.35. The molecule has 0 radical (unpaired) electrons. The van der Waals surface area contributed by atoms with Gasteiger partial charge in [-0.25, -0.2) is 0 Å². The van der Waals surface area contributed by atoms with Gasteiger partial charge in [0.2, 0.25) is 5.91 Å². The standard InChI is InChI=1S/C25H27F3N4O2/c1-16-6-7-20(24(34)29-11-8-18-15-30-21-5-3-2-4-19(18)21)23(31-16)17-9-12-32(13-10-17)22(33)14-25(26,27)28/h2-7,15,17,30H,8-14H2,1H3,(H,29,34). The smallest absolute Gasteiger partial charge is 0.361 e. The van der Waals surface area contributed by atoms with Gasteiger partial charge in [0.1, 0.15) is 6.42 Å². The van der Waals surface area contributed by atoms with E-state index in [1.165, 1.54) is 4.90 Å². The Labute approximate surface area is 195 Å². The molecule has 1 aromatic carbocycles. The Morgan fingerprint density at radius 2 is 1.88 bits per heavy atom. The van der Waals surface area contributed by atoms with E-state index in [-0.39, 0.29) is 24.9 Å². The first-order valence-electron chi connectivity index (χ1n) is 11.4. The molecule has 9 heteroatoms. The van der Waals surface area contributed by atoms with Crippen LogP contribution >= 0.6 is 0 Å². The number of para-hydroxylation sites is 1. The van der Waals surface area contributed by atoms with Gasteiger partial charge in [-0.1, -0.05) is 18.2 Å². The number of H-pyrrole nitrogens is 1. The summed E-state index contributed by atoms with van der Waals surface area (Å²) in [5, 5.41) is 4.10. The fourth-order valence-electron chi connectivity index (χ4n) is 4.51. The van der Waals surface area contributed by atoms with Crippen LogP contribution in [0.3, 0.4) is 0 Å². The van der Waals surface area contributed by atoms with Crippen molar-refractivity contribution in [1.29, 1.82) is 0 Å². The van der Waals surface area contributed by atoms with Crippen LogP contribution in [0.5, 0.6) is 0 Å². The fraction of sp³-hybridized carbons (Fsp3) is 0.400. The average Bonchev–Trinajstić information content (AvgIpc) is 3.21. The van der Waals surface area contributed by atoms with Crippen LogP contribution in [0.25, 0.3) is 10.9 Å². The molecular weight excluding hydrogens is 445 g/mol. The molecular formula is C25H27F3N4O2. The van der Waals surface area contributed by atoms with Crippen molar-refractivity contribution in [1.82, 2.24) is 20.2 Å². The van der Waals surface area contributed by atoms with Crippen molar-refractivity contribution in [3.05, 3.63) is 65.1 Å². The van der Waals surface area contributed by atoms with E-state index in [0.29, 0.717) is 37.1 Å². The first-order chi connectivity index (χ1) is 16.2. The second-order valence-corrected chi connectivity index (χ2v) is 8.70. The van der Waals surface area contributed by atoms with E-state index in [1.54, 1.807) is 12.1 Å². The van der Waals surface area contributed by atoms with Crippen molar-refractivity contribution in [3.63, 3.8) is 0 Å². The molecule has 2 amide bonds. The molecule has 0 aliphatic carbocycles. The van der Waals surface area contributed by atoms with E-state index in [1.807, 2.05) is 37.4 Å². The first kappa shape index (κ1) is 23.8. The minimum atomic E-state index is -4.51. The second-order valence-electron chi connectivity index (χ2n) is 8.70. The average molecular weight is 473 g/mol. The highest BCUT2D eigenvalue weighted by molar-refractivity contribution is 5.95. The first-order valence-corrected chi connectivity index (χ1v) is 11.4. The predicted octanol–water partition coefficient (Wildman–Crippen LogP) is 4.50. The Morgan fingerprint density at radius 3 is 2.62 bits per heavy atom. The minimum absolute atomic E-state index is 0.0933. The number of alkyl halides is 3. The summed E-state index contributed by atoms with van der Waals surface area (Å²) < 4.78 is 37.7. The number of rotatable bonds is 6. The van der Waals surface area contributed by atoms with Gasteiger partial charge in [-0.05, 0) is 49.9 Å². The SMILES string of the molecule is Cc1ccc(C(=O)NCCc2c[nH]c3ccccc23)c(C2CCN(C(=O)CC(F)(F)F)CC2)n1. The molecule has 0 saturated carbocycles. The highest BCUT2D eigenvalue weighted by Crippen LogP contribution is 2.31. The van der Waals surface area contributed by atoms with Crippen molar-refractivity contribution >= 4 is 22.7 Å². The Morgan fingerprint density at radius 1 is 1.15 bits per heavy atom. The number of carbonyl (C=O) groups excluding carboxylic acids is 2. The number of hydrogen-bond acceptors (Lipinski definition) is 3. The van der Waals surface area contributed by atoms with E-state index in [2.05, 4.69) is 15.3 Å². The molecule has 0 spiro atoms. The topological polar surface area (TPSA) is 78.1 Å². The molecule has 3 aromatic rings. The zero-order valence-electron chi connectivity index (χ0n) is 18.9. The lowest BCUT2D eigenvalue weighted by molar-refractivity contribution is -0.162. The van der Waals surface area contributed by atoms with Crippen LogP contribution in [-0.2, 0) is 11.2 Å². The molecule has 4 rings (SSSR count). The third kappa shape index (κ3) is 5.58. The van der Waals surface area contributed by atoms with Gasteiger partial charge in [-0.3, -0.25) is 14.6 Å². The monoisotopic (exact) mass is 472 g/mol. The molecule has 1 aliphatic heterocycles. The normalized spacial score (nSPS) is 15.0. The molecule has 3 heterocycles. The Bertz CT molecular complexity index is 1180. The molecule has 1 saturated heterocycles. The number of carbonyl (C=O) groups is 2. The summed E-state index contributed by atoms with van der Waals surface area (Å²) in [6, 6.07) is 11.5. The summed E-state index contributed by atoms with van der Waals surface area (Å²) in [6.45, 7) is 2.73. The van der Waals surface area contributed by atoms with Gasteiger partial charge in [-0.2, -0.15) is 13.2 Å². The van der Waals surface area contributed by atoms with Crippen LogP contribution in [0, 0.1) is 6.92 Å². The number of amides is 2. The van der Waals surface area contributed by atoms with Crippen molar-refractivity contribution < 1.29 is 22.8 Å². The number of benzene rings is 1. The molecule has 1 aliphatic rings. The number of likely N-dealkylation sites (tertiary alicyclic amines) is 1. The lowest BCUT2D eigenvalue weighted by Crippen LogP contribution is -2.40. The van der Waals surface area contributed by atoms with Gasteiger partial charge in [0, 0.05) is 48.3 Å². The number of nitrogens with one attached hydrogen (secondary N) is 2. The summed E-state index contributed by atoms with van der Waals surface area (Å²) in [5.41, 5.74) is 4.06. The Balaban J connectivity index is 1.39. The summed E-state index contributed by atoms with van der Waals surface area (Å²) in [7, 11) is 0. The van der Waals surface area contributed by atoms with E-state index in [0.717, 1.165) is 22.2 Å².